The second-order valence-electron chi connectivity index (χ2n) is 2.71. The molecule has 14 heavy (non-hydrogen) atoms. The lowest BCUT2D eigenvalue weighted by molar-refractivity contribution is 0.870. The van der Waals surface area contributed by atoms with Crippen molar-refractivity contribution >= 4 is 0 Å². The molecule has 70 valence electrons. The van der Waals surface area contributed by atoms with Crippen LogP contribution in [0.15, 0.2) is 54.8 Å². The van der Waals surface area contributed by atoms with Crippen LogP contribution in [0.25, 0.3) is 0 Å². The Kier molecular flexibility index (Phi) is 4.68. The normalized spacial score (nSPS) is 10.5. The van der Waals surface area contributed by atoms with Crippen molar-refractivity contribution in [2.75, 3.05) is 0 Å². The van der Waals surface area contributed by atoms with Gasteiger partial charge in [-0.05, 0) is 17.8 Å². The van der Waals surface area contributed by atoms with Crippen molar-refractivity contribution in [2.24, 2.45) is 0 Å². The van der Waals surface area contributed by atoms with E-state index < -0.39 is 0 Å². The summed E-state index contributed by atoms with van der Waals surface area (Å²) in [6.07, 6.45) is 6.74. The van der Waals surface area contributed by atoms with Crippen molar-refractivity contribution in [1.29, 1.82) is 5.26 Å². The van der Waals surface area contributed by atoms with Crippen LogP contribution in [0.5, 0.6) is 0 Å². The second-order valence-corrected chi connectivity index (χ2v) is 2.71. The van der Waals surface area contributed by atoms with Gasteiger partial charge < -0.3 is 5.32 Å². The van der Waals surface area contributed by atoms with Crippen LogP contribution < -0.4 is 5.32 Å². The van der Waals surface area contributed by atoms with Gasteiger partial charge in [0.15, 0.2) is 0 Å². The summed E-state index contributed by atoms with van der Waals surface area (Å²) in [4.78, 5) is 0. The highest BCUT2D eigenvalue weighted by Crippen LogP contribution is 1.96. The highest BCUT2D eigenvalue weighted by Gasteiger charge is 1.85. The van der Waals surface area contributed by atoms with E-state index in [0.29, 0.717) is 0 Å². The van der Waals surface area contributed by atoms with E-state index in [4.69, 9.17) is 5.26 Å². The molecule has 1 aromatic carbocycles. The Hall–Kier alpha value is -2.01. The van der Waals surface area contributed by atoms with Gasteiger partial charge in [-0.3, -0.25) is 0 Å². The highest BCUT2D eigenvalue weighted by atomic mass is 14.8. The zero-order valence-corrected chi connectivity index (χ0v) is 7.85. The molecule has 0 aliphatic rings. The van der Waals surface area contributed by atoms with Crippen LogP contribution in [0.2, 0.25) is 0 Å². The zero-order valence-electron chi connectivity index (χ0n) is 7.85. The van der Waals surface area contributed by atoms with Gasteiger partial charge in [-0.2, -0.15) is 5.26 Å². The maximum absolute atomic E-state index is 8.21. The summed E-state index contributed by atoms with van der Waals surface area (Å²) in [5.74, 6) is 0. The predicted molar refractivity (Wildman–Crippen MR) is 57.2 cm³/mol. The summed E-state index contributed by atoms with van der Waals surface area (Å²) in [5, 5.41) is 11.3. The monoisotopic (exact) mass is 184 g/mol. The maximum atomic E-state index is 8.21. The SMILES string of the molecule is N#C/C=C\C=C/NCc1ccccc1. The van der Waals surface area contributed by atoms with E-state index in [2.05, 4.69) is 17.4 Å². The minimum absolute atomic E-state index is 0.803. The van der Waals surface area contributed by atoms with Gasteiger partial charge in [-0.25, -0.2) is 0 Å². The molecule has 1 aromatic rings. The molecule has 0 aliphatic carbocycles. The molecule has 0 radical (unpaired) electrons. The number of allylic oxidation sites excluding steroid dienone is 3. The molecule has 0 saturated carbocycles. The van der Waals surface area contributed by atoms with E-state index in [1.807, 2.05) is 30.5 Å². The topological polar surface area (TPSA) is 35.8 Å². The van der Waals surface area contributed by atoms with Crippen LogP contribution in [0.4, 0.5) is 0 Å². The molecule has 2 nitrogen and oxygen atoms in total. The largest absolute Gasteiger partial charge is 0.387 e. The lowest BCUT2D eigenvalue weighted by Crippen LogP contribution is -2.03. The minimum Gasteiger partial charge on any atom is -0.387 e. The first-order valence-electron chi connectivity index (χ1n) is 4.42. The van der Waals surface area contributed by atoms with Gasteiger partial charge in [0.05, 0.1) is 6.07 Å². The number of hydrogen-bond acceptors (Lipinski definition) is 2. The van der Waals surface area contributed by atoms with Crippen LogP contribution in [0, 0.1) is 11.3 Å². The summed E-state index contributed by atoms with van der Waals surface area (Å²) >= 11 is 0. The Balaban J connectivity index is 2.26. The van der Waals surface area contributed by atoms with E-state index in [-0.39, 0.29) is 0 Å². The second kappa shape index (κ2) is 6.50. The first-order chi connectivity index (χ1) is 6.93. The van der Waals surface area contributed by atoms with E-state index >= 15 is 0 Å². The number of nitrogens with zero attached hydrogens (tertiary/aromatic N) is 1. The standard InChI is InChI=1S/C12H12N2/c13-9-5-2-6-10-14-11-12-7-3-1-4-8-12/h1-8,10,14H,11H2/b5-2-,10-6-. The molecule has 2 heteroatoms. The first-order valence-corrected chi connectivity index (χ1v) is 4.42. The molecule has 0 bridgehead atoms. The van der Waals surface area contributed by atoms with E-state index in [9.17, 15) is 0 Å². The molecule has 0 fully saturated rings. The van der Waals surface area contributed by atoms with Crippen LogP contribution in [0.3, 0.4) is 0 Å². The van der Waals surface area contributed by atoms with Gasteiger partial charge in [0, 0.05) is 12.6 Å². The molecule has 1 rings (SSSR count). The van der Waals surface area contributed by atoms with Crippen molar-refractivity contribution < 1.29 is 0 Å². The van der Waals surface area contributed by atoms with Crippen LogP contribution in [-0.4, -0.2) is 0 Å². The fraction of sp³-hybridized carbons (Fsp3) is 0.0833. The van der Waals surface area contributed by atoms with E-state index in [0.717, 1.165) is 6.54 Å². The first kappa shape index (κ1) is 10.1. The predicted octanol–water partition coefficient (Wildman–Crippen LogP) is 2.37. The minimum atomic E-state index is 0.803. The number of rotatable bonds is 4. The lowest BCUT2D eigenvalue weighted by atomic mass is 10.2. The van der Waals surface area contributed by atoms with Crippen molar-refractivity contribution in [1.82, 2.24) is 5.32 Å². The molecular weight excluding hydrogens is 172 g/mol. The Morgan fingerprint density at radius 3 is 2.71 bits per heavy atom. The molecule has 0 aliphatic heterocycles. The smallest absolute Gasteiger partial charge is 0.0912 e. The molecule has 0 heterocycles. The molecule has 0 atom stereocenters. The maximum Gasteiger partial charge on any atom is 0.0912 e. The number of nitriles is 1. The highest BCUT2D eigenvalue weighted by molar-refractivity contribution is 5.15. The number of hydrogen-bond donors (Lipinski definition) is 1. The summed E-state index contributed by atoms with van der Waals surface area (Å²) in [5.41, 5.74) is 1.24. The summed E-state index contributed by atoms with van der Waals surface area (Å²) in [7, 11) is 0. The summed E-state index contributed by atoms with van der Waals surface area (Å²) in [6.45, 7) is 0.803. The lowest BCUT2D eigenvalue weighted by Gasteiger charge is -1.99. The Bertz CT molecular complexity index is 344. The number of benzene rings is 1. The quantitative estimate of drug-likeness (QED) is 0.576. The summed E-state index contributed by atoms with van der Waals surface area (Å²) in [6, 6.07) is 12.1. The van der Waals surface area contributed by atoms with Gasteiger partial charge in [-0.1, -0.05) is 36.4 Å². The van der Waals surface area contributed by atoms with Crippen molar-refractivity contribution in [3.63, 3.8) is 0 Å². The molecule has 0 unspecified atom stereocenters. The Morgan fingerprint density at radius 1 is 1.21 bits per heavy atom. The van der Waals surface area contributed by atoms with Gasteiger partial charge >= 0.3 is 0 Å². The average molecular weight is 184 g/mol. The van der Waals surface area contributed by atoms with Crippen LogP contribution in [-0.2, 0) is 6.54 Å². The zero-order chi connectivity index (χ0) is 10.1. The third-order valence-electron chi connectivity index (χ3n) is 1.64. The van der Waals surface area contributed by atoms with Crippen molar-refractivity contribution in [2.45, 2.75) is 6.54 Å². The Labute approximate surface area is 84.2 Å². The van der Waals surface area contributed by atoms with E-state index in [1.165, 1.54) is 11.6 Å². The van der Waals surface area contributed by atoms with Crippen molar-refractivity contribution in [3.05, 3.63) is 60.3 Å². The van der Waals surface area contributed by atoms with Gasteiger partial charge in [-0.15, -0.1) is 0 Å². The molecule has 0 aromatic heterocycles. The third-order valence-corrected chi connectivity index (χ3v) is 1.64. The molecule has 0 saturated heterocycles. The molecular formula is C12H12N2. The Morgan fingerprint density at radius 2 is 2.00 bits per heavy atom. The fourth-order valence-corrected chi connectivity index (χ4v) is 0.995. The molecule has 1 N–H and O–H groups in total. The van der Waals surface area contributed by atoms with Crippen LogP contribution >= 0.6 is 0 Å². The van der Waals surface area contributed by atoms with Crippen LogP contribution in [0.1, 0.15) is 5.56 Å². The van der Waals surface area contributed by atoms with Gasteiger partial charge in [0.2, 0.25) is 0 Å². The third kappa shape index (κ3) is 4.13. The molecule has 0 amide bonds. The molecule has 0 spiro atoms. The fourth-order valence-electron chi connectivity index (χ4n) is 0.995. The van der Waals surface area contributed by atoms with E-state index in [1.54, 1.807) is 12.2 Å². The van der Waals surface area contributed by atoms with Crippen molar-refractivity contribution in [3.8, 4) is 6.07 Å². The van der Waals surface area contributed by atoms with Gasteiger partial charge in [0.25, 0.3) is 0 Å². The van der Waals surface area contributed by atoms with Gasteiger partial charge in [0.1, 0.15) is 0 Å². The summed E-state index contributed by atoms with van der Waals surface area (Å²) < 4.78 is 0. The average Bonchev–Trinajstić information content (AvgIpc) is 2.25. The number of nitrogens with one attached hydrogen (secondary N) is 1.